The zero-order chi connectivity index (χ0) is 10.6. The van der Waals surface area contributed by atoms with E-state index in [0.29, 0.717) is 5.92 Å². The molecule has 1 aromatic rings. The molecular formula is C12H18O2. The van der Waals surface area contributed by atoms with E-state index < -0.39 is 0 Å². The van der Waals surface area contributed by atoms with Crippen LogP contribution in [0.5, 0.6) is 11.5 Å². The molecule has 14 heavy (non-hydrogen) atoms. The molecule has 78 valence electrons. The number of methoxy groups -OCH3 is 2. The van der Waals surface area contributed by atoms with Crippen molar-refractivity contribution in [1.29, 1.82) is 0 Å². The average Bonchev–Trinajstić information content (AvgIpc) is 2.27. The fourth-order valence-electron chi connectivity index (χ4n) is 1.45. The first-order valence-corrected chi connectivity index (χ1v) is 4.94. The molecule has 2 nitrogen and oxygen atoms in total. The van der Waals surface area contributed by atoms with Gasteiger partial charge in [-0.15, -0.1) is 0 Å². The van der Waals surface area contributed by atoms with E-state index in [1.165, 1.54) is 5.56 Å². The standard InChI is InChI=1S/C12H18O2/c1-5-9(2)11-7-6-10(13-3)8-12(11)14-4/h6-9H,5H2,1-4H3/t9-/m1/s1. The SMILES string of the molecule is CC[C@@H](C)c1ccc(OC)cc1OC. The molecule has 1 rings (SSSR count). The van der Waals surface area contributed by atoms with E-state index in [2.05, 4.69) is 19.9 Å². The van der Waals surface area contributed by atoms with Crippen LogP contribution in [-0.4, -0.2) is 14.2 Å². The van der Waals surface area contributed by atoms with E-state index in [1.807, 2.05) is 12.1 Å². The van der Waals surface area contributed by atoms with Gasteiger partial charge in [0.15, 0.2) is 0 Å². The first kappa shape index (κ1) is 10.9. The first-order valence-electron chi connectivity index (χ1n) is 4.94. The third-order valence-electron chi connectivity index (χ3n) is 2.58. The van der Waals surface area contributed by atoms with Crippen LogP contribution in [0.3, 0.4) is 0 Å². The summed E-state index contributed by atoms with van der Waals surface area (Å²) >= 11 is 0. The Morgan fingerprint density at radius 3 is 2.43 bits per heavy atom. The van der Waals surface area contributed by atoms with Crippen molar-refractivity contribution in [2.45, 2.75) is 26.2 Å². The lowest BCUT2D eigenvalue weighted by molar-refractivity contribution is 0.388. The van der Waals surface area contributed by atoms with Crippen LogP contribution in [-0.2, 0) is 0 Å². The molecule has 0 fully saturated rings. The Labute approximate surface area is 85.8 Å². The van der Waals surface area contributed by atoms with Gasteiger partial charge >= 0.3 is 0 Å². The van der Waals surface area contributed by atoms with Gasteiger partial charge in [-0.05, 0) is 24.0 Å². The maximum atomic E-state index is 5.33. The van der Waals surface area contributed by atoms with E-state index in [1.54, 1.807) is 14.2 Å². The molecule has 0 aliphatic rings. The summed E-state index contributed by atoms with van der Waals surface area (Å²) in [4.78, 5) is 0. The predicted octanol–water partition coefficient (Wildman–Crippen LogP) is 3.22. The smallest absolute Gasteiger partial charge is 0.126 e. The van der Waals surface area contributed by atoms with Crippen molar-refractivity contribution in [1.82, 2.24) is 0 Å². The van der Waals surface area contributed by atoms with Crippen LogP contribution in [0, 0.1) is 0 Å². The van der Waals surface area contributed by atoms with Crippen LogP contribution in [0.15, 0.2) is 18.2 Å². The zero-order valence-electron chi connectivity index (χ0n) is 9.33. The van der Waals surface area contributed by atoms with Crippen molar-refractivity contribution >= 4 is 0 Å². The van der Waals surface area contributed by atoms with Gasteiger partial charge in [-0.2, -0.15) is 0 Å². The van der Waals surface area contributed by atoms with E-state index in [-0.39, 0.29) is 0 Å². The summed E-state index contributed by atoms with van der Waals surface area (Å²) in [7, 11) is 3.36. The van der Waals surface area contributed by atoms with Crippen LogP contribution in [0.4, 0.5) is 0 Å². The van der Waals surface area contributed by atoms with Gasteiger partial charge < -0.3 is 9.47 Å². The molecule has 0 unspecified atom stereocenters. The van der Waals surface area contributed by atoms with Gasteiger partial charge in [-0.3, -0.25) is 0 Å². The highest BCUT2D eigenvalue weighted by Crippen LogP contribution is 2.31. The summed E-state index contributed by atoms with van der Waals surface area (Å²) in [5.74, 6) is 2.28. The van der Waals surface area contributed by atoms with Gasteiger partial charge in [0.25, 0.3) is 0 Å². The van der Waals surface area contributed by atoms with Crippen molar-refractivity contribution in [3.05, 3.63) is 23.8 Å². The Morgan fingerprint density at radius 1 is 1.21 bits per heavy atom. The highest BCUT2D eigenvalue weighted by atomic mass is 16.5. The number of hydrogen-bond acceptors (Lipinski definition) is 2. The van der Waals surface area contributed by atoms with Crippen molar-refractivity contribution in [2.75, 3.05) is 14.2 Å². The Hall–Kier alpha value is -1.18. The second kappa shape index (κ2) is 4.89. The monoisotopic (exact) mass is 194 g/mol. The Morgan fingerprint density at radius 2 is 1.93 bits per heavy atom. The Bertz CT molecular complexity index is 294. The van der Waals surface area contributed by atoms with Crippen LogP contribution >= 0.6 is 0 Å². The van der Waals surface area contributed by atoms with Gasteiger partial charge in [0.1, 0.15) is 11.5 Å². The zero-order valence-corrected chi connectivity index (χ0v) is 9.33. The fourth-order valence-corrected chi connectivity index (χ4v) is 1.45. The minimum absolute atomic E-state index is 0.524. The summed E-state index contributed by atoms with van der Waals surface area (Å²) < 4.78 is 10.5. The van der Waals surface area contributed by atoms with Crippen molar-refractivity contribution in [3.8, 4) is 11.5 Å². The average molecular weight is 194 g/mol. The summed E-state index contributed by atoms with van der Waals surface area (Å²) in [5.41, 5.74) is 1.25. The van der Waals surface area contributed by atoms with E-state index in [4.69, 9.17) is 9.47 Å². The summed E-state index contributed by atoms with van der Waals surface area (Å²) in [6.07, 6.45) is 1.11. The lowest BCUT2D eigenvalue weighted by Gasteiger charge is -2.14. The molecule has 1 aromatic carbocycles. The number of ether oxygens (including phenoxy) is 2. The molecule has 0 aliphatic carbocycles. The molecule has 0 amide bonds. The molecule has 0 saturated heterocycles. The minimum Gasteiger partial charge on any atom is -0.497 e. The van der Waals surface area contributed by atoms with E-state index in [0.717, 1.165) is 17.9 Å². The Kier molecular flexibility index (Phi) is 3.81. The minimum atomic E-state index is 0.524. The predicted molar refractivity (Wildman–Crippen MR) is 58.3 cm³/mol. The molecule has 0 aromatic heterocycles. The number of rotatable bonds is 4. The second-order valence-electron chi connectivity index (χ2n) is 3.42. The normalized spacial score (nSPS) is 12.3. The lowest BCUT2D eigenvalue weighted by atomic mass is 9.97. The summed E-state index contributed by atoms with van der Waals surface area (Å²) in [6.45, 7) is 4.37. The van der Waals surface area contributed by atoms with Crippen LogP contribution < -0.4 is 9.47 Å². The van der Waals surface area contributed by atoms with Crippen LogP contribution in [0.2, 0.25) is 0 Å². The molecule has 0 N–H and O–H groups in total. The maximum absolute atomic E-state index is 5.33. The highest BCUT2D eigenvalue weighted by molar-refractivity contribution is 5.42. The maximum Gasteiger partial charge on any atom is 0.126 e. The summed E-state index contributed by atoms with van der Waals surface area (Å²) in [5, 5.41) is 0. The Balaban J connectivity index is 3.04. The van der Waals surface area contributed by atoms with Crippen molar-refractivity contribution < 1.29 is 9.47 Å². The van der Waals surface area contributed by atoms with Gasteiger partial charge in [-0.25, -0.2) is 0 Å². The molecule has 0 heterocycles. The summed E-state index contributed by atoms with van der Waals surface area (Å²) in [6, 6.07) is 5.98. The molecule has 0 aliphatic heterocycles. The molecular weight excluding hydrogens is 176 g/mol. The molecule has 2 heteroatoms. The molecule has 0 radical (unpaired) electrons. The fraction of sp³-hybridized carbons (Fsp3) is 0.500. The van der Waals surface area contributed by atoms with Gasteiger partial charge in [0, 0.05) is 6.07 Å². The van der Waals surface area contributed by atoms with Crippen LogP contribution in [0.1, 0.15) is 31.7 Å². The third kappa shape index (κ3) is 2.19. The first-order chi connectivity index (χ1) is 6.72. The molecule has 1 atom stereocenters. The number of hydrogen-bond donors (Lipinski definition) is 0. The van der Waals surface area contributed by atoms with E-state index >= 15 is 0 Å². The molecule has 0 spiro atoms. The molecule has 0 bridgehead atoms. The van der Waals surface area contributed by atoms with Crippen molar-refractivity contribution in [3.63, 3.8) is 0 Å². The van der Waals surface area contributed by atoms with Gasteiger partial charge in [0.05, 0.1) is 14.2 Å². The topological polar surface area (TPSA) is 18.5 Å². The highest BCUT2D eigenvalue weighted by Gasteiger charge is 2.10. The van der Waals surface area contributed by atoms with Crippen molar-refractivity contribution in [2.24, 2.45) is 0 Å². The molecule has 0 saturated carbocycles. The lowest BCUT2D eigenvalue weighted by Crippen LogP contribution is -1.97. The number of benzene rings is 1. The largest absolute Gasteiger partial charge is 0.497 e. The third-order valence-corrected chi connectivity index (χ3v) is 2.58. The van der Waals surface area contributed by atoms with E-state index in [9.17, 15) is 0 Å². The van der Waals surface area contributed by atoms with Crippen LogP contribution in [0.25, 0.3) is 0 Å². The van der Waals surface area contributed by atoms with Gasteiger partial charge in [-0.1, -0.05) is 19.9 Å². The van der Waals surface area contributed by atoms with Gasteiger partial charge in [0.2, 0.25) is 0 Å². The quantitative estimate of drug-likeness (QED) is 0.732. The second-order valence-corrected chi connectivity index (χ2v) is 3.42.